The Kier molecular flexibility index (Phi) is 16.8. The Hall–Kier alpha value is -8.65. The molecule has 0 aliphatic carbocycles. The van der Waals surface area contributed by atoms with Gasteiger partial charge in [0, 0.05) is 43.4 Å². The van der Waals surface area contributed by atoms with Crippen molar-refractivity contribution in [3.63, 3.8) is 0 Å². The van der Waals surface area contributed by atoms with Crippen molar-refractivity contribution in [3.8, 4) is 33.1 Å². The van der Waals surface area contributed by atoms with Crippen molar-refractivity contribution in [1.82, 2.24) is 40.2 Å². The van der Waals surface area contributed by atoms with Crippen LogP contribution in [0.15, 0.2) is 133 Å². The molecule has 3 amide bonds. The predicted molar refractivity (Wildman–Crippen MR) is 336 cm³/mol. The Morgan fingerprint density at radius 1 is 0.837 bits per heavy atom. The maximum atomic E-state index is 14.6. The second kappa shape index (κ2) is 24.4. The maximum Gasteiger partial charge on any atom is 0.358 e. The molecule has 2 aliphatic rings. The molecule has 442 valence electrons. The summed E-state index contributed by atoms with van der Waals surface area (Å²) in [5.41, 5.74) is 10.8. The van der Waals surface area contributed by atoms with Crippen LogP contribution in [0.4, 0.5) is 10.9 Å². The molecule has 0 radical (unpaired) electrons. The Morgan fingerprint density at radius 2 is 1.60 bits per heavy atom. The molecule has 17 nitrogen and oxygen atoms in total. The Balaban J connectivity index is 0.744. The summed E-state index contributed by atoms with van der Waals surface area (Å²) < 4.78 is 15.1. The fourth-order valence-electron chi connectivity index (χ4n) is 11.3. The number of anilines is 2. The number of hydrogen-bond donors (Lipinski definition) is 3. The number of esters is 1. The number of para-hydroxylation sites is 1. The Bertz CT molecular complexity index is 3960. The van der Waals surface area contributed by atoms with Crippen molar-refractivity contribution in [2.75, 3.05) is 23.3 Å². The lowest BCUT2D eigenvalue weighted by atomic mass is 9.85. The van der Waals surface area contributed by atoms with Gasteiger partial charge < -0.3 is 29.7 Å². The number of amides is 3. The van der Waals surface area contributed by atoms with Crippen LogP contribution in [-0.4, -0.2) is 94.5 Å². The molecule has 0 spiro atoms. The first kappa shape index (κ1) is 59.1. The number of ether oxygens (including phenoxy) is 2. The van der Waals surface area contributed by atoms with E-state index in [2.05, 4.69) is 41.9 Å². The molecule has 1 saturated heterocycles. The number of nitrogens with zero attached hydrogens (tertiary/aromatic N) is 8. The van der Waals surface area contributed by atoms with Crippen molar-refractivity contribution < 1.29 is 33.8 Å². The third kappa shape index (κ3) is 12.9. The van der Waals surface area contributed by atoms with Gasteiger partial charge in [0.05, 0.1) is 44.1 Å². The van der Waals surface area contributed by atoms with Crippen LogP contribution in [0.5, 0.6) is 11.5 Å². The van der Waals surface area contributed by atoms with Gasteiger partial charge in [0.15, 0.2) is 10.8 Å². The second-order valence-corrected chi connectivity index (χ2v) is 26.2. The van der Waals surface area contributed by atoms with Crippen LogP contribution in [0, 0.1) is 19.3 Å². The third-order valence-corrected chi connectivity index (χ3v) is 17.7. The highest BCUT2D eigenvalue weighted by atomic mass is 32.1. The zero-order valence-corrected chi connectivity index (χ0v) is 51.4. The number of β-amino-alcohol motifs (C(OH)–C–C–N with tert-alkyl or cyclic N) is 1. The van der Waals surface area contributed by atoms with Crippen LogP contribution >= 0.6 is 22.7 Å². The summed E-state index contributed by atoms with van der Waals surface area (Å²) >= 11 is 3.02. The highest BCUT2D eigenvalue weighted by molar-refractivity contribution is 7.22. The smallest absolute Gasteiger partial charge is 0.358 e. The van der Waals surface area contributed by atoms with Crippen LogP contribution in [0.25, 0.3) is 31.8 Å². The van der Waals surface area contributed by atoms with E-state index in [1.807, 2.05) is 183 Å². The molecule has 0 saturated carbocycles. The number of aliphatic hydroxyl groups is 1. The minimum atomic E-state index is -0.860. The number of likely N-dealkylation sites (tertiary alicyclic amines) is 1. The normalized spacial score (nSPS) is 15.9. The van der Waals surface area contributed by atoms with Gasteiger partial charge in [-0.2, -0.15) is 0 Å². The van der Waals surface area contributed by atoms with E-state index in [0.717, 1.165) is 59.7 Å². The number of pyridine rings is 1. The fourth-order valence-corrected chi connectivity index (χ4v) is 13.0. The van der Waals surface area contributed by atoms with Crippen molar-refractivity contribution in [3.05, 3.63) is 183 Å². The average molecular weight is 1190 g/mol. The number of carbonyl (C=O) groups excluding carboxylic acids is 4. The molecule has 3 N–H and O–H groups in total. The van der Waals surface area contributed by atoms with Crippen molar-refractivity contribution in [2.45, 2.75) is 124 Å². The first-order chi connectivity index (χ1) is 41.1. The zero-order valence-electron chi connectivity index (χ0n) is 49.8. The lowest BCUT2D eigenvalue weighted by molar-refractivity contribution is -0.144. The van der Waals surface area contributed by atoms with Gasteiger partial charge in [-0.05, 0) is 154 Å². The first-order valence-corrected chi connectivity index (χ1v) is 30.7. The molecule has 5 aromatic carbocycles. The molecule has 1 unspecified atom stereocenters. The molecule has 4 aromatic heterocycles. The van der Waals surface area contributed by atoms with E-state index in [4.69, 9.17) is 14.5 Å². The molecular formula is C67H70N10O7S2. The number of benzene rings is 5. The van der Waals surface area contributed by atoms with Crippen LogP contribution < -0.4 is 20.3 Å². The molecule has 4 atom stereocenters. The lowest BCUT2D eigenvalue weighted by Crippen LogP contribution is -2.50. The van der Waals surface area contributed by atoms with E-state index >= 15 is 0 Å². The summed E-state index contributed by atoms with van der Waals surface area (Å²) in [6.45, 7) is 18.3. The minimum absolute atomic E-state index is 0.0310. The predicted octanol–water partition coefficient (Wildman–Crippen LogP) is 12.5. The molecular weight excluding hydrogens is 1120 g/mol. The highest BCUT2D eigenvalue weighted by Crippen LogP contribution is 2.39. The molecule has 0 bridgehead atoms. The standard InChI is InChI=1S/C67H70N10O7S2/c1-39-49(50-30-31-57(71-58(50)64(82)84-67(7,8)9)75-33-32-44-14-12-16-51(52(44)37-75)61(79)72-65-70-53-17-10-11-19-56(53)86-65)15-13-18-55(39)83-48-28-21-42(22-29-48)20-27-46-35-77(74-73-46)60(66(4,5)6)63(81)76-36-47(78)34-54(76)62(80)69-40(2)43-23-25-45(26-24-43)59-41(3)68-38-85-59/h10-19,21-26,28-31,35,38,40,47,54,60,78H,20,27,32-34,36-37H2,1-9H3,(H,69,80)(H,70,72,79)/t40-,47+,54-,60?/m0/s1. The summed E-state index contributed by atoms with van der Waals surface area (Å²) in [4.78, 5) is 75.3. The molecule has 2 aliphatic heterocycles. The summed E-state index contributed by atoms with van der Waals surface area (Å²) in [5, 5.41) is 26.5. The maximum absolute atomic E-state index is 14.6. The van der Waals surface area contributed by atoms with Gasteiger partial charge in [0.1, 0.15) is 35.0 Å². The van der Waals surface area contributed by atoms with Crippen LogP contribution in [0.2, 0.25) is 0 Å². The van der Waals surface area contributed by atoms with Crippen LogP contribution in [0.3, 0.4) is 0 Å². The molecule has 6 heterocycles. The molecule has 19 heteroatoms. The quantitative estimate of drug-likeness (QED) is 0.0771. The SMILES string of the molecule is Cc1ncsc1-c1ccc([C@H](C)NC(=O)[C@@H]2C[C@@H](O)CN2C(=O)C(n2cc(CCc3ccc(Oc4cccc(-c5ccc(N6CCc7cccc(C(=O)Nc8nc9ccccc9s8)c7C6)nc5C(=O)OC(C)(C)C)c4C)cc3)nn2)C(C)(C)C)cc1. The molecule has 9 aromatic rings. The van der Waals surface area contributed by atoms with E-state index in [-0.39, 0.29) is 42.4 Å². The number of aliphatic hydroxyl groups excluding tert-OH is 1. The Labute approximate surface area is 508 Å². The number of aryl methyl sites for hydroxylation is 3. The monoisotopic (exact) mass is 1190 g/mol. The van der Waals surface area contributed by atoms with E-state index in [0.29, 0.717) is 71.6 Å². The molecule has 1 fully saturated rings. The number of fused-ring (bicyclic) bond motifs is 2. The van der Waals surface area contributed by atoms with Gasteiger partial charge in [-0.15, -0.1) is 16.4 Å². The van der Waals surface area contributed by atoms with Crippen molar-refractivity contribution in [1.29, 1.82) is 0 Å². The van der Waals surface area contributed by atoms with E-state index in [9.17, 15) is 24.3 Å². The highest BCUT2D eigenvalue weighted by Gasteiger charge is 2.45. The van der Waals surface area contributed by atoms with E-state index in [1.54, 1.807) is 22.2 Å². The largest absolute Gasteiger partial charge is 0.457 e. The summed E-state index contributed by atoms with van der Waals surface area (Å²) in [7, 11) is 0. The van der Waals surface area contributed by atoms with Gasteiger partial charge in [0.25, 0.3) is 5.91 Å². The van der Waals surface area contributed by atoms with Crippen molar-refractivity contribution in [2.24, 2.45) is 5.41 Å². The fraction of sp³-hybridized carbons (Fsp3) is 0.328. The topological polar surface area (TPSA) is 207 Å². The summed E-state index contributed by atoms with van der Waals surface area (Å²) in [6, 6.07) is 37.0. The molecule has 11 rings (SSSR count). The number of thiazole rings is 2. The summed E-state index contributed by atoms with van der Waals surface area (Å²) in [5.74, 6) is 0.387. The van der Waals surface area contributed by atoms with E-state index < -0.39 is 35.2 Å². The lowest BCUT2D eigenvalue weighted by Gasteiger charge is -2.34. The number of rotatable bonds is 16. The number of carbonyl (C=O) groups is 4. The van der Waals surface area contributed by atoms with Gasteiger partial charge in [-0.25, -0.2) is 24.4 Å². The van der Waals surface area contributed by atoms with Gasteiger partial charge >= 0.3 is 5.97 Å². The molecule has 86 heavy (non-hydrogen) atoms. The number of nitrogens with one attached hydrogen (secondary N) is 2. The van der Waals surface area contributed by atoms with Crippen LogP contribution in [0.1, 0.15) is 127 Å². The average Bonchev–Trinajstić information content (AvgIpc) is 1.73. The number of aromatic nitrogens is 6. The minimum Gasteiger partial charge on any atom is -0.457 e. The van der Waals surface area contributed by atoms with Gasteiger partial charge in [-0.1, -0.05) is 110 Å². The van der Waals surface area contributed by atoms with E-state index in [1.165, 1.54) is 16.2 Å². The zero-order chi connectivity index (χ0) is 60.6. The number of hydrogen-bond acceptors (Lipinski definition) is 15. The summed E-state index contributed by atoms with van der Waals surface area (Å²) in [6.07, 6.45) is 2.94. The van der Waals surface area contributed by atoms with Crippen LogP contribution in [-0.2, 0) is 40.1 Å². The first-order valence-electron chi connectivity index (χ1n) is 29.0. The van der Waals surface area contributed by atoms with Gasteiger partial charge in [-0.3, -0.25) is 19.7 Å². The Morgan fingerprint density at radius 3 is 2.34 bits per heavy atom. The second-order valence-electron chi connectivity index (χ2n) is 24.3. The van der Waals surface area contributed by atoms with Crippen molar-refractivity contribution >= 4 is 67.5 Å². The third-order valence-electron chi connectivity index (χ3n) is 15.7. The van der Waals surface area contributed by atoms with Gasteiger partial charge in [0.2, 0.25) is 11.8 Å².